The van der Waals surface area contributed by atoms with E-state index < -0.39 is 0 Å². The molecule has 1 heteroatoms. The van der Waals surface area contributed by atoms with Crippen molar-refractivity contribution >= 4 is 0 Å². The Hall–Kier alpha value is -0.980. The fraction of sp³-hybridized carbons (Fsp3) is 0.667. The summed E-state index contributed by atoms with van der Waals surface area (Å²) < 4.78 is 0. The maximum absolute atomic E-state index is 8.01. The maximum Gasteiger partial charge on any atom is 0.254 e. The fourth-order valence-corrected chi connectivity index (χ4v) is 5.58. The minimum Gasteiger partial charge on any atom is -0.593 e. The Balaban J connectivity index is 1.90. The van der Waals surface area contributed by atoms with Crippen LogP contribution >= 0.6 is 0 Å². The Morgan fingerprint density at radius 1 is 1.16 bits per heavy atom. The first-order valence-corrected chi connectivity index (χ1v) is 8.06. The SMILES string of the molecule is CC1CC[C@@]23CCCC[C@@H]2[C@@H]1Cc1ccc([OH2+])cc13. The Morgan fingerprint density at radius 3 is 2.95 bits per heavy atom. The quantitative estimate of drug-likeness (QED) is 0.623. The molecule has 4 rings (SSSR count). The van der Waals surface area contributed by atoms with Gasteiger partial charge in [-0.15, -0.1) is 0 Å². The molecule has 0 aliphatic heterocycles. The number of benzene rings is 1. The fourth-order valence-electron chi connectivity index (χ4n) is 5.58. The lowest BCUT2D eigenvalue weighted by molar-refractivity contribution is 0.0174. The summed E-state index contributed by atoms with van der Waals surface area (Å²) in [4.78, 5) is 0. The molecule has 2 fully saturated rings. The predicted octanol–water partition coefficient (Wildman–Crippen LogP) is 4.15. The van der Waals surface area contributed by atoms with Crippen LogP contribution in [0.25, 0.3) is 0 Å². The van der Waals surface area contributed by atoms with Gasteiger partial charge in [0.2, 0.25) is 0 Å². The van der Waals surface area contributed by atoms with E-state index in [1.165, 1.54) is 44.9 Å². The molecule has 2 N–H and O–H groups in total. The summed E-state index contributed by atoms with van der Waals surface area (Å²) in [7, 11) is 0. The second-order valence-corrected chi connectivity index (χ2v) is 7.26. The molecule has 4 atom stereocenters. The molecule has 19 heavy (non-hydrogen) atoms. The van der Waals surface area contributed by atoms with Crippen LogP contribution in [0.4, 0.5) is 0 Å². The van der Waals surface area contributed by atoms with Gasteiger partial charge >= 0.3 is 0 Å². The monoisotopic (exact) mass is 257 g/mol. The van der Waals surface area contributed by atoms with Gasteiger partial charge in [-0.2, -0.15) is 0 Å². The van der Waals surface area contributed by atoms with E-state index in [0.717, 1.165) is 23.5 Å². The van der Waals surface area contributed by atoms with E-state index in [2.05, 4.69) is 19.1 Å². The molecular weight excluding hydrogens is 232 g/mol. The molecule has 0 saturated heterocycles. The van der Waals surface area contributed by atoms with Crippen molar-refractivity contribution in [1.82, 2.24) is 0 Å². The second-order valence-electron chi connectivity index (χ2n) is 7.26. The molecule has 0 aromatic heterocycles. The predicted molar refractivity (Wildman–Crippen MR) is 78.7 cm³/mol. The average Bonchev–Trinajstić information content (AvgIpc) is 2.43. The van der Waals surface area contributed by atoms with Crippen molar-refractivity contribution in [2.45, 2.75) is 57.3 Å². The van der Waals surface area contributed by atoms with Crippen molar-refractivity contribution in [2.24, 2.45) is 17.8 Å². The lowest BCUT2D eigenvalue weighted by atomic mass is 9.47. The van der Waals surface area contributed by atoms with E-state index >= 15 is 0 Å². The van der Waals surface area contributed by atoms with Crippen molar-refractivity contribution < 1.29 is 5.11 Å². The molecule has 2 bridgehead atoms. The zero-order valence-electron chi connectivity index (χ0n) is 11.9. The zero-order valence-corrected chi connectivity index (χ0v) is 11.9. The van der Waals surface area contributed by atoms with Crippen molar-refractivity contribution in [3.8, 4) is 5.75 Å². The third-order valence-electron chi connectivity index (χ3n) is 6.49. The number of hydrogen-bond acceptors (Lipinski definition) is 0. The molecule has 1 nitrogen and oxygen atoms in total. The van der Waals surface area contributed by atoms with Gasteiger partial charge < -0.3 is 5.11 Å². The Morgan fingerprint density at radius 2 is 2.05 bits per heavy atom. The van der Waals surface area contributed by atoms with Crippen LogP contribution in [0.1, 0.15) is 56.6 Å². The van der Waals surface area contributed by atoms with E-state index in [1.807, 2.05) is 6.07 Å². The number of rotatable bonds is 0. The normalized spacial score (nSPS) is 40.4. The molecule has 3 aliphatic carbocycles. The highest BCUT2D eigenvalue weighted by Crippen LogP contribution is 2.60. The van der Waals surface area contributed by atoms with Crippen LogP contribution in [0.5, 0.6) is 5.75 Å². The zero-order chi connectivity index (χ0) is 13.0. The van der Waals surface area contributed by atoms with Crippen molar-refractivity contribution in [3.05, 3.63) is 29.3 Å². The first-order chi connectivity index (χ1) is 9.21. The first kappa shape index (κ1) is 11.8. The topological polar surface area (TPSA) is 22.9 Å². The molecule has 0 spiro atoms. The smallest absolute Gasteiger partial charge is 0.254 e. The van der Waals surface area contributed by atoms with Crippen LogP contribution in [0, 0.1) is 17.8 Å². The molecule has 0 heterocycles. The standard InChI is InChI=1S/C18H24O/c1-12-7-9-18-8-3-2-4-16(18)15(12)10-13-5-6-14(19)11-17(13)18/h5-6,11-12,15-16,19H,2-4,7-10H2,1H3/p+1/t12?,15-,16-,18+/m1/s1. The van der Waals surface area contributed by atoms with E-state index in [4.69, 9.17) is 5.11 Å². The van der Waals surface area contributed by atoms with E-state index in [1.54, 1.807) is 11.1 Å². The van der Waals surface area contributed by atoms with Gasteiger partial charge in [0.15, 0.2) is 0 Å². The third kappa shape index (κ3) is 1.53. The van der Waals surface area contributed by atoms with Gasteiger partial charge in [0.25, 0.3) is 5.75 Å². The van der Waals surface area contributed by atoms with Crippen LogP contribution in [-0.4, -0.2) is 5.11 Å². The van der Waals surface area contributed by atoms with E-state index in [9.17, 15) is 0 Å². The van der Waals surface area contributed by atoms with Crippen LogP contribution in [0.3, 0.4) is 0 Å². The van der Waals surface area contributed by atoms with Crippen molar-refractivity contribution in [1.29, 1.82) is 0 Å². The molecule has 1 unspecified atom stereocenters. The molecule has 102 valence electrons. The minimum absolute atomic E-state index is 0.458. The molecule has 1 aromatic rings. The van der Waals surface area contributed by atoms with Crippen molar-refractivity contribution in [2.75, 3.05) is 0 Å². The Bertz CT molecular complexity index is 506. The molecule has 2 saturated carbocycles. The summed E-state index contributed by atoms with van der Waals surface area (Å²) >= 11 is 0. The largest absolute Gasteiger partial charge is 0.593 e. The Kier molecular flexibility index (Phi) is 2.49. The molecule has 0 radical (unpaired) electrons. The van der Waals surface area contributed by atoms with Crippen molar-refractivity contribution in [3.63, 3.8) is 0 Å². The van der Waals surface area contributed by atoms with Gasteiger partial charge in [0, 0.05) is 12.1 Å². The van der Waals surface area contributed by atoms with Crippen LogP contribution in [0.2, 0.25) is 0 Å². The molecule has 3 aliphatic rings. The lowest BCUT2D eigenvalue weighted by Crippen LogP contribution is -2.51. The first-order valence-electron chi connectivity index (χ1n) is 8.06. The van der Waals surface area contributed by atoms with Gasteiger partial charge in [-0.1, -0.05) is 19.8 Å². The Labute approximate surface area is 116 Å². The van der Waals surface area contributed by atoms with Gasteiger partial charge in [-0.3, -0.25) is 0 Å². The van der Waals surface area contributed by atoms with Crippen LogP contribution < -0.4 is 0 Å². The summed E-state index contributed by atoms with van der Waals surface area (Å²) in [6, 6.07) is 6.47. The van der Waals surface area contributed by atoms with Gasteiger partial charge in [-0.25, -0.2) is 0 Å². The highest BCUT2D eigenvalue weighted by Gasteiger charge is 2.53. The van der Waals surface area contributed by atoms with Gasteiger partial charge in [-0.05, 0) is 72.5 Å². The maximum atomic E-state index is 8.01. The van der Waals surface area contributed by atoms with Crippen LogP contribution in [-0.2, 0) is 11.8 Å². The third-order valence-corrected chi connectivity index (χ3v) is 6.49. The minimum atomic E-state index is 0.458. The highest BCUT2D eigenvalue weighted by molar-refractivity contribution is 5.44. The van der Waals surface area contributed by atoms with Gasteiger partial charge in [0.1, 0.15) is 0 Å². The van der Waals surface area contributed by atoms with Crippen LogP contribution in [0.15, 0.2) is 18.2 Å². The second kappa shape index (κ2) is 4.01. The summed E-state index contributed by atoms with van der Waals surface area (Å²) in [6.45, 7) is 2.48. The summed E-state index contributed by atoms with van der Waals surface area (Å²) in [5, 5.41) is 8.01. The number of fused-ring (bicyclic) bond motifs is 1. The lowest BCUT2D eigenvalue weighted by Gasteiger charge is -2.57. The summed E-state index contributed by atoms with van der Waals surface area (Å²) in [5.74, 6) is 3.45. The molecule has 0 amide bonds. The molecule has 1 aromatic carbocycles. The number of hydrogen-bond donors (Lipinski definition) is 0. The summed E-state index contributed by atoms with van der Waals surface area (Å²) in [5.41, 5.74) is 3.61. The average molecular weight is 257 g/mol. The molecular formula is C18H25O+. The summed E-state index contributed by atoms with van der Waals surface area (Å²) in [6.07, 6.45) is 9.73. The highest BCUT2D eigenvalue weighted by atomic mass is 16.3. The van der Waals surface area contributed by atoms with E-state index in [0.29, 0.717) is 5.41 Å². The van der Waals surface area contributed by atoms with E-state index in [-0.39, 0.29) is 0 Å². The van der Waals surface area contributed by atoms with Gasteiger partial charge in [0.05, 0.1) is 0 Å².